The van der Waals surface area contributed by atoms with Gasteiger partial charge in [0.05, 0.1) is 6.61 Å². The molecule has 17 heavy (non-hydrogen) atoms. The molecule has 0 heterocycles. The van der Waals surface area contributed by atoms with Gasteiger partial charge >= 0.3 is 0 Å². The van der Waals surface area contributed by atoms with Crippen LogP contribution in [0.25, 0.3) is 0 Å². The van der Waals surface area contributed by atoms with Crippen LogP contribution in [-0.4, -0.2) is 11.7 Å². The van der Waals surface area contributed by atoms with Gasteiger partial charge in [0.15, 0.2) is 0 Å². The third-order valence-electron chi connectivity index (χ3n) is 2.41. The molecule has 0 atom stereocenters. The molecule has 0 spiro atoms. The Bertz CT molecular complexity index is 417. The fourth-order valence-corrected chi connectivity index (χ4v) is 1.74. The van der Waals surface area contributed by atoms with Crippen LogP contribution in [0.2, 0.25) is 0 Å². The number of aromatic hydroxyl groups is 1. The summed E-state index contributed by atoms with van der Waals surface area (Å²) in [6, 6.07) is 15.0. The molecule has 2 aromatic carbocycles. The van der Waals surface area contributed by atoms with E-state index in [1.807, 2.05) is 36.4 Å². The van der Waals surface area contributed by atoms with Gasteiger partial charge in [0.2, 0.25) is 0 Å². The molecule has 0 saturated heterocycles. The lowest BCUT2D eigenvalue weighted by atomic mass is 10.1. The summed E-state index contributed by atoms with van der Waals surface area (Å²) >= 11 is 3.38. The van der Waals surface area contributed by atoms with Crippen molar-refractivity contribution in [1.29, 1.82) is 0 Å². The zero-order valence-corrected chi connectivity index (χ0v) is 10.9. The van der Waals surface area contributed by atoms with Crippen molar-refractivity contribution in [3.8, 4) is 11.5 Å². The highest BCUT2D eigenvalue weighted by Crippen LogP contribution is 2.16. The quantitative estimate of drug-likeness (QED) is 0.929. The van der Waals surface area contributed by atoms with E-state index in [-0.39, 0.29) is 0 Å². The number of phenolic OH excluding ortho intramolecular Hbond substituents is 1. The molecule has 0 amide bonds. The normalized spacial score (nSPS) is 10.2. The molecule has 0 saturated carbocycles. The smallest absolute Gasteiger partial charge is 0.119 e. The molecule has 3 heteroatoms. The first-order chi connectivity index (χ1) is 8.24. The van der Waals surface area contributed by atoms with Crippen LogP contribution in [0.5, 0.6) is 11.5 Å². The van der Waals surface area contributed by atoms with E-state index in [1.54, 1.807) is 12.1 Å². The Morgan fingerprint density at radius 1 is 0.941 bits per heavy atom. The predicted molar refractivity (Wildman–Crippen MR) is 71.4 cm³/mol. The average molecular weight is 293 g/mol. The lowest BCUT2D eigenvalue weighted by Crippen LogP contribution is -2.00. The Labute approximate surface area is 109 Å². The number of halogens is 1. The van der Waals surface area contributed by atoms with Gasteiger partial charge in [-0.1, -0.05) is 28.1 Å². The molecule has 0 aromatic heterocycles. The number of benzene rings is 2. The van der Waals surface area contributed by atoms with Gasteiger partial charge < -0.3 is 9.84 Å². The summed E-state index contributed by atoms with van der Waals surface area (Å²) in [6.07, 6.45) is 0.830. The second-order valence-corrected chi connectivity index (χ2v) is 4.63. The van der Waals surface area contributed by atoms with Crippen LogP contribution in [0.3, 0.4) is 0 Å². The van der Waals surface area contributed by atoms with Gasteiger partial charge in [-0.3, -0.25) is 0 Å². The number of rotatable bonds is 4. The second kappa shape index (κ2) is 5.73. The van der Waals surface area contributed by atoms with Crippen molar-refractivity contribution in [2.45, 2.75) is 6.42 Å². The summed E-state index contributed by atoms with van der Waals surface area (Å²) in [6.45, 7) is 0.631. The van der Waals surface area contributed by atoms with Gasteiger partial charge in [-0.15, -0.1) is 0 Å². The fourth-order valence-electron chi connectivity index (χ4n) is 1.48. The highest BCUT2D eigenvalue weighted by molar-refractivity contribution is 9.10. The van der Waals surface area contributed by atoms with E-state index in [0.717, 1.165) is 22.2 Å². The lowest BCUT2D eigenvalue weighted by molar-refractivity contribution is 0.322. The predicted octanol–water partition coefficient (Wildman–Crippen LogP) is 3.78. The molecule has 0 aliphatic rings. The molecule has 0 aliphatic carbocycles. The summed E-state index contributed by atoms with van der Waals surface area (Å²) in [7, 11) is 0. The van der Waals surface area contributed by atoms with Crippen LogP contribution < -0.4 is 4.74 Å². The van der Waals surface area contributed by atoms with E-state index in [4.69, 9.17) is 9.84 Å². The molecular weight excluding hydrogens is 280 g/mol. The minimum Gasteiger partial charge on any atom is -0.508 e. The molecule has 0 radical (unpaired) electrons. The molecule has 0 fully saturated rings. The monoisotopic (exact) mass is 292 g/mol. The Hall–Kier alpha value is -1.48. The van der Waals surface area contributed by atoms with E-state index in [0.29, 0.717) is 12.4 Å². The maximum absolute atomic E-state index is 9.15. The van der Waals surface area contributed by atoms with Crippen molar-refractivity contribution in [1.82, 2.24) is 0 Å². The zero-order valence-electron chi connectivity index (χ0n) is 9.27. The summed E-state index contributed by atoms with van der Waals surface area (Å²) in [5.74, 6) is 1.16. The van der Waals surface area contributed by atoms with Gasteiger partial charge in [-0.2, -0.15) is 0 Å². The Morgan fingerprint density at radius 2 is 1.59 bits per heavy atom. The average Bonchev–Trinajstić information content (AvgIpc) is 2.34. The van der Waals surface area contributed by atoms with Crippen molar-refractivity contribution >= 4 is 15.9 Å². The van der Waals surface area contributed by atoms with E-state index >= 15 is 0 Å². The molecule has 0 unspecified atom stereocenters. The van der Waals surface area contributed by atoms with Crippen molar-refractivity contribution < 1.29 is 9.84 Å². The minimum atomic E-state index is 0.294. The zero-order chi connectivity index (χ0) is 12.1. The summed E-state index contributed by atoms with van der Waals surface area (Å²) < 4.78 is 6.66. The van der Waals surface area contributed by atoms with Crippen molar-refractivity contribution in [3.63, 3.8) is 0 Å². The molecule has 0 bridgehead atoms. The van der Waals surface area contributed by atoms with E-state index in [2.05, 4.69) is 15.9 Å². The number of phenols is 1. The number of hydrogen-bond acceptors (Lipinski definition) is 2. The van der Waals surface area contributed by atoms with Crippen molar-refractivity contribution in [2.75, 3.05) is 6.61 Å². The van der Waals surface area contributed by atoms with Crippen LogP contribution >= 0.6 is 15.9 Å². The van der Waals surface area contributed by atoms with Gasteiger partial charge in [0.1, 0.15) is 11.5 Å². The maximum Gasteiger partial charge on any atom is 0.119 e. The third-order valence-corrected chi connectivity index (χ3v) is 2.94. The molecule has 1 N–H and O–H groups in total. The maximum atomic E-state index is 9.15. The van der Waals surface area contributed by atoms with Crippen molar-refractivity contribution in [2.24, 2.45) is 0 Å². The summed E-state index contributed by atoms with van der Waals surface area (Å²) in [4.78, 5) is 0. The first-order valence-corrected chi connectivity index (χ1v) is 6.19. The highest BCUT2D eigenvalue weighted by atomic mass is 79.9. The van der Waals surface area contributed by atoms with Crippen LogP contribution in [-0.2, 0) is 6.42 Å². The van der Waals surface area contributed by atoms with Gasteiger partial charge in [0, 0.05) is 10.9 Å². The summed E-state index contributed by atoms with van der Waals surface area (Å²) in [5.41, 5.74) is 1.15. The minimum absolute atomic E-state index is 0.294. The number of hydrogen-bond donors (Lipinski definition) is 1. The molecule has 0 aliphatic heterocycles. The fraction of sp³-hybridized carbons (Fsp3) is 0.143. The van der Waals surface area contributed by atoms with Crippen LogP contribution in [0, 0.1) is 0 Å². The Kier molecular flexibility index (Phi) is 4.04. The molecular formula is C14H13BrO2. The van der Waals surface area contributed by atoms with Gasteiger partial charge in [-0.05, 0) is 42.0 Å². The van der Waals surface area contributed by atoms with Crippen molar-refractivity contribution in [3.05, 3.63) is 58.6 Å². The molecule has 2 rings (SSSR count). The lowest BCUT2D eigenvalue weighted by Gasteiger charge is -2.06. The third kappa shape index (κ3) is 3.79. The molecule has 88 valence electrons. The van der Waals surface area contributed by atoms with Crippen LogP contribution in [0.15, 0.2) is 53.0 Å². The van der Waals surface area contributed by atoms with Crippen LogP contribution in [0.1, 0.15) is 5.56 Å². The Morgan fingerprint density at radius 3 is 2.24 bits per heavy atom. The SMILES string of the molecule is Oc1ccc(CCOc2ccc(Br)cc2)cc1. The first kappa shape index (κ1) is 12.0. The Balaban J connectivity index is 1.83. The van der Waals surface area contributed by atoms with Gasteiger partial charge in [-0.25, -0.2) is 0 Å². The number of ether oxygens (including phenoxy) is 1. The first-order valence-electron chi connectivity index (χ1n) is 5.40. The topological polar surface area (TPSA) is 29.5 Å². The van der Waals surface area contributed by atoms with Gasteiger partial charge in [0.25, 0.3) is 0 Å². The van der Waals surface area contributed by atoms with E-state index in [9.17, 15) is 0 Å². The molecule has 2 nitrogen and oxygen atoms in total. The standard InChI is InChI=1S/C14H13BrO2/c15-12-3-7-14(8-4-12)17-10-9-11-1-5-13(16)6-2-11/h1-8,16H,9-10H2. The van der Waals surface area contributed by atoms with E-state index < -0.39 is 0 Å². The highest BCUT2D eigenvalue weighted by Gasteiger charge is 1.96. The van der Waals surface area contributed by atoms with Crippen LogP contribution in [0.4, 0.5) is 0 Å². The molecule has 2 aromatic rings. The largest absolute Gasteiger partial charge is 0.508 e. The van der Waals surface area contributed by atoms with E-state index in [1.165, 1.54) is 0 Å². The second-order valence-electron chi connectivity index (χ2n) is 3.72. The summed E-state index contributed by atoms with van der Waals surface area (Å²) in [5, 5.41) is 9.15.